The molecule has 0 atom stereocenters. The second-order valence-corrected chi connectivity index (χ2v) is 7.14. The maximum absolute atomic E-state index is 12.2. The van der Waals surface area contributed by atoms with Crippen molar-refractivity contribution in [2.24, 2.45) is 5.92 Å². The van der Waals surface area contributed by atoms with Gasteiger partial charge in [0.2, 0.25) is 0 Å². The molecule has 0 aromatic heterocycles. The second kappa shape index (κ2) is 7.81. The highest BCUT2D eigenvalue weighted by Gasteiger charge is 2.25. The molecule has 2 rings (SSSR count). The van der Waals surface area contributed by atoms with Crippen LogP contribution in [0.15, 0.2) is 22.7 Å². The molecule has 0 aliphatic heterocycles. The SMILES string of the molecule is CC1CCC(N(C)C(=O)COC(=O)c2cc(Br)ccc2N)CC1. The molecule has 0 unspecified atom stereocenters. The van der Waals surface area contributed by atoms with E-state index in [0.717, 1.165) is 36.1 Å². The van der Waals surface area contributed by atoms with Gasteiger partial charge in [-0.25, -0.2) is 4.79 Å². The van der Waals surface area contributed by atoms with Crippen molar-refractivity contribution in [1.82, 2.24) is 4.90 Å². The Morgan fingerprint density at radius 3 is 2.61 bits per heavy atom. The number of carbonyl (C=O) groups excluding carboxylic acids is 2. The predicted molar refractivity (Wildman–Crippen MR) is 93.0 cm³/mol. The van der Waals surface area contributed by atoms with E-state index in [9.17, 15) is 9.59 Å². The summed E-state index contributed by atoms with van der Waals surface area (Å²) in [5.41, 5.74) is 6.37. The number of hydrogen-bond donors (Lipinski definition) is 1. The molecule has 1 saturated carbocycles. The smallest absolute Gasteiger partial charge is 0.340 e. The standard InChI is InChI=1S/C17H23BrN2O3/c1-11-3-6-13(7-4-11)20(2)16(21)10-23-17(22)14-9-12(18)5-8-15(14)19/h5,8-9,11,13H,3-4,6-7,10,19H2,1-2H3. The van der Waals surface area contributed by atoms with Crippen LogP contribution in [0.3, 0.4) is 0 Å². The Balaban J connectivity index is 1.88. The summed E-state index contributed by atoms with van der Waals surface area (Å²) in [4.78, 5) is 26.0. The number of halogens is 1. The van der Waals surface area contributed by atoms with E-state index in [-0.39, 0.29) is 24.1 Å². The normalized spacial score (nSPS) is 20.8. The molecular weight excluding hydrogens is 360 g/mol. The quantitative estimate of drug-likeness (QED) is 0.640. The van der Waals surface area contributed by atoms with E-state index in [1.54, 1.807) is 30.1 Å². The Morgan fingerprint density at radius 2 is 1.96 bits per heavy atom. The van der Waals surface area contributed by atoms with Gasteiger partial charge in [-0.15, -0.1) is 0 Å². The van der Waals surface area contributed by atoms with E-state index in [2.05, 4.69) is 22.9 Å². The lowest BCUT2D eigenvalue weighted by atomic mass is 9.87. The molecule has 2 N–H and O–H groups in total. The minimum absolute atomic E-state index is 0.175. The topological polar surface area (TPSA) is 72.6 Å². The van der Waals surface area contributed by atoms with Gasteiger partial charge >= 0.3 is 5.97 Å². The summed E-state index contributed by atoms with van der Waals surface area (Å²) < 4.78 is 5.86. The highest BCUT2D eigenvalue weighted by Crippen LogP contribution is 2.26. The number of ether oxygens (including phenoxy) is 1. The van der Waals surface area contributed by atoms with E-state index in [1.807, 2.05) is 0 Å². The van der Waals surface area contributed by atoms with Gasteiger partial charge in [-0.05, 0) is 49.8 Å². The van der Waals surface area contributed by atoms with Gasteiger partial charge < -0.3 is 15.4 Å². The summed E-state index contributed by atoms with van der Waals surface area (Å²) in [6, 6.07) is 5.20. The molecule has 126 valence electrons. The van der Waals surface area contributed by atoms with Gasteiger partial charge in [-0.2, -0.15) is 0 Å². The molecule has 1 aliphatic rings. The van der Waals surface area contributed by atoms with Crippen LogP contribution in [-0.2, 0) is 9.53 Å². The van der Waals surface area contributed by atoms with Gasteiger partial charge in [-0.3, -0.25) is 4.79 Å². The number of esters is 1. The number of nitrogens with zero attached hydrogens (tertiary/aromatic N) is 1. The molecule has 0 bridgehead atoms. The van der Waals surface area contributed by atoms with Gasteiger partial charge in [0.05, 0.1) is 5.56 Å². The second-order valence-electron chi connectivity index (χ2n) is 6.23. The van der Waals surface area contributed by atoms with Gasteiger partial charge in [0.25, 0.3) is 5.91 Å². The van der Waals surface area contributed by atoms with Crippen LogP contribution in [-0.4, -0.2) is 36.5 Å². The van der Waals surface area contributed by atoms with Crippen LogP contribution in [0.2, 0.25) is 0 Å². The Labute approximate surface area is 145 Å². The Hall–Kier alpha value is -1.56. The Bertz CT molecular complexity index is 583. The van der Waals surface area contributed by atoms with Gasteiger partial charge in [0.15, 0.2) is 6.61 Å². The Morgan fingerprint density at radius 1 is 1.30 bits per heavy atom. The zero-order chi connectivity index (χ0) is 17.0. The van der Waals surface area contributed by atoms with Crippen molar-refractivity contribution in [2.75, 3.05) is 19.4 Å². The number of likely N-dealkylation sites (N-methyl/N-ethyl adjacent to an activating group) is 1. The van der Waals surface area contributed by atoms with Crippen LogP contribution in [0.25, 0.3) is 0 Å². The van der Waals surface area contributed by atoms with E-state index in [4.69, 9.17) is 10.5 Å². The number of anilines is 1. The van der Waals surface area contributed by atoms with E-state index < -0.39 is 5.97 Å². The number of carbonyl (C=O) groups is 2. The van der Waals surface area contributed by atoms with Crippen LogP contribution < -0.4 is 5.73 Å². The number of hydrogen-bond acceptors (Lipinski definition) is 4. The highest BCUT2D eigenvalue weighted by atomic mass is 79.9. The number of nitrogens with two attached hydrogens (primary N) is 1. The van der Waals surface area contributed by atoms with Crippen LogP contribution in [0.1, 0.15) is 43.0 Å². The predicted octanol–water partition coefficient (Wildman–Crippen LogP) is 3.23. The van der Waals surface area contributed by atoms with Crippen LogP contribution in [0.5, 0.6) is 0 Å². The first kappa shape index (κ1) is 17.8. The number of amides is 1. The molecule has 23 heavy (non-hydrogen) atoms. The molecule has 0 heterocycles. The number of nitrogen functional groups attached to an aromatic ring is 1. The molecule has 0 saturated heterocycles. The fourth-order valence-corrected chi connectivity index (χ4v) is 3.21. The zero-order valence-corrected chi connectivity index (χ0v) is 15.1. The summed E-state index contributed by atoms with van der Waals surface area (Å²) in [6.07, 6.45) is 4.29. The lowest BCUT2D eigenvalue weighted by Gasteiger charge is -2.33. The summed E-state index contributed by atoms with van der Waals surface area (Å²) in [5.74, 6) is -0.0265. The molecule has 1 fully saturated rings. The first-order chi connectivity index (χ1) is 10.9. The first-order valence-corrected chi connectivity index (χ1v) is 8.65. The lowest BCUT2D eigenvalue weighted by Crippen LogP contribution is -2.41. The molecule has 5 nitrogen and oxygen atoms in total. The summed E-state index contributed by atoms with van der Waals surface area (Å²) in [7, 11) is 1.78. The van der Waals surface area contributed by atoms with Crippen molar-refractivity contribution in [3.63, 3.8) is 0 Å². The monoisotopic (exact) mass is 382 g/mol. The van der Waals surface area contributed by atoms with Crippen molar-refractivity contribution >= 4 is 33.5 Å². The fraction of sp³-hybridized carbons (Fsp3) is 0.529. The summed E-state index contributed by atoms with van der Waals surface area (Å²) >= 11 is 3.29. The van der Waals surface area contributed by atoms with Gasteiger partial charge in [0, 0.05) is 23.2 Å². The minimum Gasteiger partial charge on any atom is -0.452 e. The molecule has 1 aliphatic carbocycles. The summed E-state index contributed by atoms with van der Waals surface area (Å²) in [6.45, 7) is 1.98. The molecule has 1 aromatic carbocycles. The van der Waals surface area contributed by atoms with Crippen LogP contribution in [0, 0.1) is 5.92 Å². The number of benzene rings is 1. The Kier molecular flexibility index (Phi) is 6.04. The van der Waals surface area contributed by atoms with E-state index >= 15 is 0 Å². The maximum Gasteiger partial charge on any atom is 0.340 e. The maximum atomic E-state index is 12.2. The fourth-order valence-electron chi connectivity index (χ4n) is 2.85. The lowest BCUT2D eigenvalue weighted by molar-refractivity contribution is -0.136. The molecule has 1 amide bonds. The third kappa shape index (κ3) is 4.70. The van der Waals surface area contributed by atoms with Crippen LogP contribution >= 0.6 is 15.9 Å². The average Bonchev–Trinajstić information content (AvgIpc) is 2.54. The van der Waals surface area contributed by atoms with Gasteiger partial charge in [-0.1, -0.05) is 22.9 Å². The largest absolute Gasteiger partial charge is 0.452 e. The average molecular weight is 383 g/mol. The van der Waals surface area contributed by atoms with Gasteiger partial charge in [0.1, 0.15) is 0 Å². The van der Waals surface area contributed by atoms with E-state index in [1.165, 1.54) is 0 Å². The van der Waals surface area contributed by atoms with Crippen molar-refractivity contribution in [3.05, 3.63) is 28.2 Å². The van der Waals surface area contributed by atoms with Crippen LogP contribution in [0.4, 0.5) is 5.69 Å². The third-order valence-electron chi connectivity index (χ3n) is 4.49. The van der Waals surface area contributed by atoms with Crippen molar-refractivity contribution in [3.8, 4) is 0 Å². The van der Waals surface area contributed by atoms with E-state index in [0.29, 0.717) is 5.69 Å². The molecular formula is C17H23BrN2O3. The molecule has 6 heteroatoms. The third-order valence-corrected chi connectivity index (χ3v) is 4.98. The van der Waals surface area contributed by atoms with Crippen molar-refractivity contribution in [2.45, 2.75) is 38.6 Å². The summed E-state index contributed by atoms with van der Waals surface area (Å²) in [5, 5.41) is 0. The van der Waals surface area contributed by atoms with Crippen molar-refractivity contribution < 1.29 is 14.3 Å². The first-order valence-electron chi connectivity index (χ1n) is 7.86. The van der Waals surface area contributed by atoms with Crippen molar-refractivity contribution in [1.29, 1.82) is 0 Å². The minimum atomic E-state index is -0.581. The number of rotatable bonds is 4. The molecule has 0 spiro atoms. The zero-order valence-electron chi connectivity index (χ0n) is 13.5. The molecule has 0 radical (unpaired) electrons. The highest BCUT2D eigenvalue weighted by molar-refractivity contribution is 9.10. The molecule has 1 aromatic rings.